The molecule has 16 heavy (non-hydrogen) atoms. The third-order valence-electron chi connectivity index (χ3n) is 1.98. The molecule has 0 radical (unpaired) electrons. The summed E-state index contributed by atoms with van der Waals surface area (Å²) in [7, 11) is 0. The van der Waals surface area contributed by atoms with Crippen LogP contribution in [0.5, 0.6) is 0 Å². The summed E-state index contributed by atoms with van der Waals surface area (Å²) >= 11 is 0. The van der Waals surface area contributed by atoms with Crippen molar-refractivity contribution >= 4 is 23.3 Å². The fourth-order valence-electron chi connectivity index (χ4n) is 1.33. The molecular weight excluding hydrogens is 198 g/mol. The van der Waals surface area contributed by atoms with Crippen LogP contribution < -0.4 is 0 Å². The van der Waals surface area contributed by atoms with Crippen LogP contribution >= 0.6 is 0 Å². The summed E-state index contributed by atoms with van der Waals surface area (Å²) < 4.78 is 0. The molecule has 0 atom stereocenters. The van der Waals surface area contributed by atoms with E-state index < -0.39 is 0 Å². The molecular formula is C14H15NO. The predicted octanol–water partition coefficient (Wildman–Crippen LogP) is 3.47. The van der Waals surface area contributed by atoms with Crippen LogP contribution in [0, 0.1) is 0 Å². The van der Waals surface area contributed by atoms with E-state index >= 15 is 0 Å². The molecule has 0 amide bonds. The van der Waals surface area contributed by atoms with Gasteiger partial charge in [-0.05, 0) is 23.8 Å². The van der Waals surface area contributed by atoms with E-state index in [1.165, 1.54) is 6.08 Å². The van der Waals surface area contributed by atoms with Crippen molar-refractivity contribution < 1.29 is 4.79 Å². The molecule has 0 aliphatic heterocycles. The molecule has 0 aliphatic carbocycles. The highest BCUT2D eigenvalue weighted by molar-refractivity contribution is 5.82. The number of nitrogens with zero attached hydrogens (tertiary/aromatic N) is 1. The fourth-order valence-corrected chi connectivity index (χ4v) is 1.33. The number of rotatable bonds is 2. The first-order valence-electron chi connectivity index (χ1n) is 5.37. The highest BCUT2D eigenvalue weighted by Crippen LogP contribution is 2.13. The van der Waals surface area contributed by atoms with Gasteiger partial charge in [0.15, 0.2) is 0 Å². The van der Waals surface area contributed by atoms with Crippen LogP contribution in [0.15, 0.2) is 42.6 Å². The lowest BCUT2D eigenvalue weighted by Gasteiger charge is -1.97. The topological polar surface area (TPSA) is 30.0 Å². The number of carbonyl (C=O) groups excluding carboxylic acids is 1. The fraction of sp³-hybridized carbons (Fsp3) is 0.143. The number of fused-ring (bicyclic) bond motifs is 1. The Morgan fingerprint density at radius 1 is 1.19 bits per heavy atom. The first-order chi connectivity index (χ1) is 7.90. The van der Waals surface area contributed by atoms with Crippen molar-refractivity contribution in [1.82, 2.24) is 4.98 Å². The highest BCUT2D eigenvalue weighted by Gasteiger charge is 1.93. The number of aldehydes is 1. The summed E-state index contributed by atoms with van der Waals surface area (Å²) in [6.07, 6.45) is 5.72. The molecule has 0 spiro atoms. The van der Waals surface area contributed by atoms with Crippen molar-refractivity contribution in [2.45, 2.75) is 13.8 Å². The van der Waals surface area contributed by atoms with E-state index in [0.29, 0.717) is 0 Å². The normalized spacial score (nSPS) is 9.88. The average molecular weight is 213 g/mol. The molecule has 0 saturated carbocycles. The Morgan fingerprint density at radius 3 is 2.69 bits per heavy atom. The first-order valence-corrected chi connectivity index (χ1v) is 5.37. The molecule has 2 heteroatoms. The maximum atomic E-state index is 10.1. The van der Waals surface area contributed by atoms with E-state index in [1.807, 2.05) is 44.2 Å². The lowest BCUT2D eigenvalue weighted by molar-refractivity contribution is -0.104. The van der Waals surface area contributed by atoms with Gasteiger partial charge < -0.3 is 0 Å². The Hall–Kier alpha value is -1.96. The summed E-state index contributed by atoms with van der Waals surface area (Å²) in [6.45, 7) is 4.00. The molecule has 0 saturated heterocycles. The minimum atomic E-state index is 0.759. The van der Waals surface area contributed by atoms with E-state index in [1.54, 1.807) is 12.3 Å². The Morgan fingerprint density at radius 2 is 1.94 bits per heavy atom. The molecule has 0 bridgehead atoms. The second kappa shape index (κ2) is 6.51. The summed E-state index contributed by atoms with van der Waals surface area (Å²) in [6, 6.07) is 9.89. The monoisotopic (exact) mass is 213 g/mol. The van der Waals surface area contributed by atoms with Crippen LogP contribution in [0.2, 0.25) is 0 Å². The SMILES string of the molecule is CC.O=C/C=C/c1cnc2ccccc2c1. The van der Waals surface area contributed by atoms with E-state index in [4.69, 9.17) is 0 Å². The van der Waals surface area contributed by atoms with Gasteiger partial charge >= 0.3 is 0 Å². The molecule has 0 unspecified atom stereocenters. The number of allylic oxidation sites excluding steroid dienone is 1. The van der Waals surface area contributed by atoms with Crippen molar-refractivity contribution in [3.63, 3.8) is 0 Å². The van der Waals surface area contributed by atoms with Crippen LogP contribution in [-0.4, -0.2) is 11.3 Å². The largest absolute Gasteiger partial charge is 0.299 e. The standard InChI is InChI=1S/C12H9NO.C2H6/c14-7-3-4-10-8-11-5-1-2-6-12(11)13-9-10;1-2/h1-9H;1-2H3/b4-3+;. The van der Waals surface area contributed by atoms with Crippen LogP contribution in [-0.2, 0) is 4.79 Å². The van der Waals surface area contributed by atoms with E-state index in [-0.39, 0.29) is 0 Å². The number of benzene rings is 1. The zero-order valence-corrected chi connectivity index (χ0v) is 9.55. The second-order valence-electron chi connectivity index (χ2n) is 2.96. The van der Waals surface area contributed by atoms with Gasteiger partial charge in [-0.3, -0.25) is 9.78 Å². The van der Waals surface area contributed by atoms with Gasteiger partial charge in [0.25, 0.3) is 0 Å². The molecule has 0 fully saturated rings. The smallest absolute Gasteiger partial charge is 0.142 e. The molecule has 2 rings (SSSR count). The number of para-hydroxylation sites is 1. The van der Waals surface area contributed by atoms with Crippen molar-refractivity contribution in [3.8, 4) is 0 Å². The number of aromatic nitrogens is 1. The van der Waals surface area contributed by atoms with E-state index in [9.17, 15) is 4.79 Å². The minimum Gasteiger partial charge on any atom is -0.299 e. The Balaban J connectivity index is 0.000000606. The second-order valence-corrected chi connectivity index (χ2v) is 2.96. The van der Waals surface area contributed by atoms with E-state index in [0.717, 1.165) is 22.8 Å². The first kappa shape index (κ1) is 12.1. The average Bonchev–Trinajstić information content (AvgIpc) is 2.38. The maximum absolute atomic E-state index is 10.1. The summed E-state index contributed by atoms with van der Waals surface area (Å²) in [5.41, 5.74) is 1.91. The van der Waals surface area contributed by atoms with Crippen molar-refractivity contribution in [1.29, 1.82) is 0 Å². The quantitative estimate of drug-likeness (QED) is 0.564. The van der Waals surface area contributed by atoms with Crippen molar-refractivity contribution in [2.24, 2.45) is 0 Å². The third kappa shape index (κ3) is 3.02. The van der Waals surface area contributed by atoms with Crippen LogP contribution in [0.4, 0.5) is 0 Å². The van der Waals surface area contributed by atoms with Gasteiger partial charge in [0.1, 0.15) is 6.29 Å². The number of hydrogen-bond donors (Lipinski definition) is 0. The van der Waals surface area contributed by atoms with Crippen molar-refractivity contribution in [3.05, 3.63) is 48.2 Å². The molecule has 0 aliphatic rings. The third-order valence-corrected chi connectivity index (χ3v) is 1.98. The van der Waals surface area contributed by atoms with Crippen LogP contribution in [0.3, 0.4) is 0 Å². The number of pyridine rings is 1. The van der Waals surface area contributed by atoms with E-state index in [2.05, 4.69) is 4.98 Å². The molecule has 1 aromatic heterocycles. The molecule has 0 N–H and O–H groups in total. The lowest BCUT2D eigenvalue weighted by atomic mass is 10.1. The van der Waals surface area contributed by atoms with Crippen LogP contribution in [0.25, 0.3) is 17.0 Å². The highest BCUT2D eigenvalue weighted by atomic mass is 16.1. The summed E-state index contributed by atoms with van der Waals surface area (Å²) in [5, 5.41) is 1.08. The van der Waals surface area contributed by atoms with Crippen molar-refractivity contribution in [2.75, 3.05) is 0 Å². The van der Waals surface area contributed by atoms with Gasteiger partial charge in [-0.1, -0.05) is 38.1 Å². The van der Waals surface area contributed by atoms with Gasteiger partial charge in [0.05, 0.1) is 5.52 Å². The molecule has 1 heterocycles. The molecule has 82 valence electrons. The van der Waals surface area contributed by atoms with Gasteiger partial charge in [-0.15, -0.1) is 0 Å². The van der Waals surface area contributed by atoms with Gasteiger partial charge in [-0.2, -0.15) is 0 Å². The van der Waals surface area contributed by atoms with Gasteiger partial charge in [0.2, 0.25) is 0 Å². The van der Waals surface area contributed by atoms with Crippen LogP contribution in [0.1, 0.15) is 19.4 Å². The summed E-state index contributed by atoms with van der Waals surface area (Å²) in [5.74, 6) is 0. The molecule has 2 nitrogen and oxygen atoms in total. The maximum Gasteiger partial charge on any atom is 0.142 e. The minimum absolute atomic E-state index is 0.759. The Kier molecular flexibility index (Phi) is 4.93. The molecule has 2 aromatic rings. The van der Waals surface area contributed by atoms with Gasteiger partial charge in [0, 0.05) is 11.6 Å². The predicted molar refractivity (Wildman–Crippen MR) is 68.2 cm³/mol. The van der Waals surface area contributed by atoms with Gasteiger partial charge in [-0.25, -0.2) is 0 Å². The number of hydrogen-bond acceptors (Lipinski definition) is 2. The Labute approximate surface area is 95.6 Å². The lowest BCUT2D eigenvalue weighted by Crippen LogP contribution is -1.80. The Bertz CT molecular complexity index is 489. The zero-order chi connectivity index (χ0) is 11.8. The summed E-state index contributed by atoms with van der Waals surface area (Å²) in [4.78, 5) is 14.4. The zero-order valence-electron chi connectivity index (χ0n) is 9.55. The molecule has 1 aromatic carbocycles. The number of carbonyl (C=O) groups is 1.